The number of guanidine groups is 1. The smallest absolute Gasteiger partial charge is 0.190 e. The van der Waals surface area contributed by atoms with E-state index < -0.39 is 0 Å². The zero-order chi connectivity index (χ0) is 17.6. The van der Waals surface area contributed by atoms with Gasteiger partial charge >= 0.3 is 0 Å². The van der Waals surface area contributed by atoms with Crippen molar-refractivity contribution in [3.05, 3.63) is 0 Å². The molecule has 0 spiro atoms. The summed E-state index contributed by atoms with van der Waals surface area (Å²) >= 11 is 0. The molecule has 2 aliphatic rings. The number of halogens is 1. The molecule has 0 amide bonds. The van der Waals surface area contributed by atoms with Gasteiger partial charge in [-0.1, -0.05) is 19.3 Å². The van der Waals surface area contributed by atoms with Crippen molar-refractivity contribution in [2.24, 2.45) is 4.99 Å². The van der Waals surface area contributed by atoms with Crippen molar-refractivity contribution in [3.63, 3.8) is 0 Å². The molecule has 154 valence electrons. The number of hydrogen-bond donors (Lipinski definition) is 2. The van der Waals surface area contributed by atoms with Gasteiger partial charge in [0.1, 0.15) is 0 Å². The number of rotatable bonds is 10. The van der Waals surface area contributed by atoms with Crippen LogP contribution < -0.4 is 10.6 Å². The summed E-state index contributed by atoms with van der Waals surface area (Å²) in [6.07, 6.45) is 11.5. The number of nitrogens with one attached hydrogen (secondary N) is 2. The van der Waals surface area contributed by atoms with E-state index >= 15 is 0 Å². The van der Waals surface area contributed by atoms with E-state index in [1.165, 1.54) is 32.1 Å². The van der Waals surface area contributed by atoms with Crippen molar-refractivity contribution in [1.82, 2.24) is 10.6 Å². The molecule has 2 fully saturated rings. The predicted octanol–water partition coefficient (Wildman–Crippen LogP) is 3.09. The van der Waals surface area contributed by atoms with Crippen LogP contribution in [-0.2, 0) is 14.2 Å². The van der Waals surface area contributed by atoms with Gasteiger partial charge in [-0.15, -0.1) is 24.0 Å². The third-order valence-corrected chi connectivity index (χ3v) is 4.88. The van der Waals surface area contributed by atoms with Gasteiger partial charge < -0.3 is 24.8 Å². The number of nitrogens with zero attached hydrogens (tertiary/aromatic N) is 1. The minimum absolute atomic E-state index is 0. The molecule has 1 heterocycles. The Morgan fingerprint density at radius 1 is 0.885 bits per heavy atom. The lowest BCUT2D eigenvalue weighted by Crippen LogP contribution is -2.39. The Balaban J connectivity index is 0.00000338. The summed E-state index contributed by atoms with van der Waals surface area (Å²) in [6.45, 7) is 5.08. The largest absolute Gasteiger partial charge is 0.381 e. The van der Waals surface area contributed by atoms with Crippen molar-refractivity contribution in [1.29, 1.82) is 0 Å². The number of hydrogen-bond acceptors (Lipinski definition) is 4. The van der Waals surface area contributed by atoms with Gasteiger partial charge in [0.25, 0.3) is 0 Å². The first-order valence-corrected chi connectivity index (χ1v) is 10.1. The normalized spacial score (nSPS) is 19.8. The highest BCUT2D eigenvalue weighted by atomic mass is 127. The maximum absolute atomic E-state index is 5.94. The Morgan fingerprint density at radius 3 is 1.96 bits per heavy atom. The lowest BCUT2D eigenvalue weighted by Gasteiger charge is -2.22. The standard InChI is InChI=1S/C19H37N3O3.HI/c1-20-19(21-11-5-13-24-17-7-3-2-4-8-17)22-12-6-14-25-18-9-15-23-16-10-18;/h17-18H,2-16H2,1H3,(H2,20,21,22);1H. The fraction of sp³-hybridized carbons (Fsp3) is 0.947. The lowest BCUT2D eigenvalue weighted by atomic mass is 9.98. The SMILES string of the molecule is CN=C(NCCCOC1CCCCC1)NCCCOC1CCOCC1.I. The van der Waals surface area contributed by atoms with Gasteiger partial charge in [0.05, 0.1) is 12.2 Å². The summed E-state index contributed by atoms with van der Waals surface area (Å²) in [7, 11) is 1.81. The van der Waals surface area contributed by atoms with Crippen LogP contribution in [0.3, 0.4) is 0 Å². The molecule has 0 atom stereocenters. The van der Waals surface area contributed by atoms with E-state index in [1.807, 2.05) is 7.05 Å². The van der Waals surface area contributed by atoms with Crippen molar-refractivity contribution in [2.45, 2.75) is 70.0 Å². The van der Waals surface area contributed by atoms with Crippen LogP contribution in [0.15, 0.2) is 4.99 Å². The molecule has 1 aliphatic heterocycles. The Kier molecular flexibility index (Phi) is 14.6. The van der Waals surface area contributed by atoms with Gasteiger partial charge in [0.2, 0.25) is 0 Å². The zero-order valence-corrected chi connectivity index (χ0v) is 18.7. The molecule has 0 aromatic carbocycles. The molecule has 6 nitrogen and oxygen atoms in total. The Labute approximate surface area is 176 Å². The topological polar surface area (TPSA) is 64.1 Å². The van der Waals surface area contributed by atoms with E-state index in [0.29, 0.717) is 12.2 Å². The second-order valence-corrected chi connectivity index (χ2v) is 6.95. The lowest BCUT2D eigenvalue weighted by molar-refractivity contribution is -0.0320. The number of aliphatic imine (C=N–C) groups is 1. The molecule has 7 heteroatoms. The van der Waals surface area contributed by atoms with Crippen molar-refractivity contribution >= 4 is 29.9 Å². The highest BCUT2D eigenvalue weighted by Gasteiger charge is 2.14. The zero-order valence-electron chi connectivity index (χ0n) is 16.3. The first-order valence-electron chi connectivity index (χ1n) is 10.1. The maximum Gasteiger partial charge on any atom is 0.190 e. The second kappa shape index (κ2) is 15.9. The van der Waals surface area contributed by atoms with Crippen LogP contribution in [0.2, 0.25) is 0 Å². The molecule has 0 radical (unpaired) electrons. The van der Waals surface area contributed by atoms with E-state index in [4.69, 9.17) is 14.2 Å². The maximum atomic E-state index is 5.94. The molecule has 0 bridgehead atoms. The van der Waals surface area contributed by atoms with Crippen molar-refractivity contribution in [2.75, 3.05) is 46.6 Å². The third kappa shape index (κ3) is 10.9. The average molecular weight is 483 g/mol. The summed E-state index contributed by atoms with van der Waals surface area (Å²) < 4.78 is 17.2. The van der Waals surface area contributed by atoms with Crippen LogP contribution in [-0.4, -0.2) is 64.7 Å². The van der Waals surface area contributed by atoms with Gasteiger partial charge in [-0.25, -0.2) is 0 Å². The molecular weight excluding hydrogens is 445 g/mol. The molecule has 1 saturated heterocycles. The first kappa shape index (κ1) is 23.9. The van der Waals surface area contributed by atoms with Crippen LogP contribution in [0.25, 0.3) is 0 Å². The predicted molar refractivity (Wildman–Crippen MR) is 117 cm³/mol. The first-order chi connectivity index (χ1) is 12.4. The van der Waals surface area contributed by atoms with Gasteiger partial charge in [-0.05, 0) is 38.5 Å². The quantitative estimate of drug-likeness (QED) is 0.217. The monoisotopic (exact) mass is 483 g/mol. The molecule has 1 aliphatic carbocycles. The van der Waals surface area contributed by atoms with Crippen LogP contribution in [0.1, 0.15) is 57.8 Å². The fourth-order valence-corrected chi connectivity index (χ4v) is 3.35. The Hall–Kier alpha value is -0.120. The van der Waals surface area contributed by atoms with Crippen LogP contribution >= 0.6 is 24.0 Å². The second-order valence-electron chi connectivity index (χ2n) is 6.95. The highest BCUT2D eigenvalue weighted by molar-refractivity contribution is 14.0. The molecule has 26 heavy (non-hydrogen) atoms. The van der Waals surface area contributed by atoms with E-state index in [0.717, 1.165) is 71.2 Å². The molecule has 1 saturated carbocycles. The fourth-order valence-electron chi connectivity index (χ4n) is 3.35. The molecular formula is C19H38IN3O3. The molecule has 2 rings (SSSR count). The van der Waals surface area contributed by atoms with E-state index in [1.54, 1.807) is 0 Å². The highest BCUT2D eigenvalue weighted by Crippen LogP contribution is 2.20. The Morgan fingerprint density at radius 2 is 1.42 bits per heavy atom. The van der Waals surface area contributed by atoms with Crippen LogP contribution in [0.4, 0.5) is 0 Å². The third-order valence-electron chi connectivity index (χ3n) is 4.88. The Bertz CT molecular complexity index is 330. The number of ether oxygens (including phenoxy) is 3. The summed E-state index contributed by atoms with van der Waals surface area (Å²) in [5, 5.41) is 6.69. The molecule has 0 aromatic rings. The van der Waals surface area contributed by atoms with E-state index in [-0.39, 0.29) is 24.0 Å². The van der Waals surface area contributed by atoms with Gasteiger partial charge in [0.15, 0.2) is 5.96 Å². The summed E-state index contributed by atoms with van der Waals surface area (Å²) in [4.78, 5) is 4.26. The molecule has 0 unspecified atom stereocenters. The average Bonchev–Trinajstić information content (AvgIpc) is 2.67. The van der Waals surface area contributed by atoms with Gasteiger partial charge in [-0.3, -0.25) is 4.99 Å². The van der Waals surface area contributed by atoms with Crippen molar-refractivity contribution < 1.29 is 14.2 Å². The molecule has 2 N–H and O–H groups in total. The minimum atomic E-state index is 0. The summed E-state index contributed by atoms with van der Waals surface area (Å²) in [5.41, 5.74) is 0. The van der Waals surface area contributed by atoms with E-state index in [2.05, 4.69) is 15.6 Å². The van der Waals surface area contributed by atoms with Gasteiger partial charge in [-0.2, -0.15) is 0 Å². The molecule has 0 aromatic heterocycles. The minimum Gasteiger partial charge on any atom is -0.381 e. The summed E-state index contributed by atoms with van der Waals surface area (Å²) in [6, 6.07) is 0. The van der Waals surface area contributed by atoms with Crippen molar-refractivity contribution in [3.8, 4) is 0 Å². The van der Waals surface area contributed by atoms with Crippen LogP contribution in [0.5, 0.6) is 0 Å². The van der Waals surface area contributed by atoms with Crippen LogP contribution in [0, 0.1) is 0 Å². The van der Waals surface area contributed by atoms with Gasteiger partial charge in [0, 0.05) is 46.6 Å². The summed E-state index contributed by atoms with van der Waals surface area (Å²) in [5.74, 6) is 0.865. The van der Waals surface area contributed by atoms with E-state index in [9.17, 15) is 0 Å².